The molecule has 0 rings (SSSR count). The summed E-state index contributed by atoms with van der Waals surface area (Å²) in [5, 5.41) is 0. The summed E-state index contributed by atoms with van der Waals surface area (Å²) in [4.78, 5) is 14.3. The van der Waals surface area contributed by atoms with Crippen LogP contribution in [0.4, 0.5) is 0 Å². The second-order valence-corrected chi connectivity index (χ2v) is 3.32. The normalized spacial score (nSPS) is 8.40. The number of rotatable bonds is 0. The average molecular weight is 218 g/mol. The molecule has 0 heterocycles. The quantitative estimate of drug-likeness (QED) is 0.225. The van der Waals surface area contributed by atoms with E-state index in [2.05, 4.69) is 0 Å². The van der Waals surface area contributed by atoms with Gasteiger partial charge in [-0.2, -0.15) is 0 Å². The van der Waals surface area contributed by atoms with Gasteiger partial charge in [-0.15, -0.1) is 0 Å². The third-order valence-electron chi connectivity index (χ3n) is 0. The van der Waals surface area contributed by atoms with E-state index in [1.807, 2.05) is 0 Å². The molecular weight excluding hydrogens is 211 g/mol. The zero-order chi connectivity index (χ0) is 8.08. The molecule has 0 unspecified atom stereocenters. The molecule has 7 nitrogen and oxygen atoms in total. The minimum absolute atomic E-state index is 0. The van der Waals surface area contributed by atoms with E-state index in [9.17, 15) is 0 Å². The standard InChI is InChI=1S/Na.H2O3Si.4H2O.Ti.H/c;1-4(2)3;;;;;;/h;1-2H;4*1H2;;/q;;;;;;+4;/p-4. The topological polar surface area (TPSA) is 138 Å². The molecule has 0 radical (unpaired) electrons. The van der Waals surface area contributed by atoms with Crippen LogP contribution in [0.15, 0.2) is 0 Å². The van der Waals surface area contributed by atoms with Crippen LogP contribution in [0.25, 0.3) is 0 Å². The van der Waals surface area contributed by atoms with E-state index in [-0.39, 0.29) is 29.6 Å². The van der Waals surface area contributed by atoms with Crippen molar-refractivity contribution in [3.05, 3.63) is 0 Å². The molecule has 0 saturated heterocycles. The van der Waals surface area contributed by atoms with Gasteiger partial charge in [0.25, 0.3) is 0 Å². The molecule has 0 aliphatic heterocycles. The Kier molecular flexibility index (Phi) is 14.3. The van der Waals surface area contributed by atoms with Crippen LogP contribution in [-0.2, 0) is 22.6 Å². The first-order valence-corrected chi connectivity index (χ1v) is 5.64. The van der Waals surface area contributed by atoms with Gasteiger partial charge in [-0.25, -0.2) is 0 Å². The van der Waals surface area contributed by atoms with E-state index in [0.29, 0.717) is 0 Å². The molecular formula is H7NaO7SiTi. The van der Waals surface area contributed by atoms with Crippen molar-refractivity contribution in [1.82, 2.24) is 0 Å². The SMILES string of the molecule is O=[Si](O)O.[NaH].[OH][Ti]([OH])([OH])[OH]. The van der Waals surface area contributed by atoms with Gasteiger partial charge in [0.2, 0.25) is 0 Å². The molecule has 0 aliphatic carbocycles. The maximum absolute atomic E-state index is 8.74. The molecule has 10 heavy (non-hydrogen) atoms. The minimum atomic E-state index is -5.00. The zero-order valence-electron chi connectivity index (χ0n) is 4.09. The van der Waals surface area contributed by atoms with Crippen molar-refractivity contribution in [3.63, 3.8) is 0 Å². The molecule has 10 heteroatoms. The molecule has 0 spiro atoms. The monoisotopic (exact) mass is 218 g/mol. The zero-order valence-corrected chi connectivity index (χ0v) is 6.65. The van der Waals surface area contributed by atoms with Gasteiger partial charge in [0.1, 0.15) is 0 Å². The predicted octanol–water partition coefficient (Wildman–Crippen LogP) is -4.49. The molecule has 0 fully saturated rings. The fourth-order valence-electron chi connectivity index (χ4n) is 0. The van der Waals surface area contributed by atoms with Gasteiger partial charge in [-0.05, 0) is 0 Å². The maximum atomic E-state index is 8.74. The van der Waals surface area contributed by atoms with Crippen molar-refractivity contribution >= 4 is 38.7 Å². The summed E-state index contributed by atoms with van der Waals surface area (Å²) >= 11 is -5.00. The molecule has 0 aliphatic rings. The van der Waals surface area contributed by atoms with Crippen molar-refractivity contribution in [3.8, 4) is 0 Å². The van der Waals surface area contributed by atoms with Crippen LogP contribution in [0.3, 0.4) is 0 Å². The summed E-state index contributed by atoms with van der Waals surface area (Å²) in [6, 6.07) is 0. The Morgan fingerprint density at radius 1 is 1.00 bits per heavy atom. The Hall–Kier alpha value is 1.17. The molecule has 6 N–H and O–H groups in total. The fraction of sp³-hybridized carbons (Fsp3) is 0. The predicted molar refractivity (Wildman–Crippen MR) is 26.9 cm³/mol. The van der Waals surface area contributed by atoms with Crippen LogP contribution in [0.2, 0.25) is 0 Å². The van der Waals surface area contributed by atoms with E-state index >= 15 is 0 Å². The van der Waals surface area contributed by atoms with Crippen LogP contribution in [0.1, 0.15) is 0 Å². The van der Waals surface area contributed by atoms with E-state index in [4.69, 9.17) is 28.8 Å². The van der Waals surface area contributed by atoms with Crippen molar-refractivity contribution < 1.29 is 46.9 Å². The number of hydrogen-bond acceptors (Lipinski definition) is 5. The molecule has 0 aromatic heterocycles. The van der Waals surface area contributed by atoms with Gasteiger partial charge < -0.3 is 9.59 Å². The summed E-state index contributed by atoms with van der Waals surface area (Å²) in [6.45, 7) is 0. The molecule has 0 atom stereocenters. The summed E-state index contributed by atoms with van der Waals surface area (Å²) in [6.07, 6.45) is 0. The van der Waals surface area contributed by atoms with Gasteiger partial charge >= 0.3 is 71.6 Å². The van der Waals surface area contributed by atoms with Gasteiger partial charge in [0.05, 0.1) is 0 Å². The summed E-state index contributed by atoms with van der Waals surface area (Å²) in [5.41, 5.74) is 0. The van der Waals surface area contributed by atoms with Gasteiger partial charge in [-0.1, -0.05) is 0 Å². The Bertz CT molecular complexity index is 76.1. The Morgan fingerprint density at radius 2 is 1.00 bits per heavy atom. The molecule has 58 valence electrons. The van der Waals surface area contributed by atoms with Crippen LogP contribution in [0, 0.1) is 0 Å². The Labute approximate surface area is 85.0 Å². The summed E-state index contributed by atoms with van der Waals surface area (Å²) in [5.74, 6) is 0. The van der Waals surface area contributed by atoms with Gasteiger partial charge in [0, 0.05) is 0 Å². The molecule has 0 bridgehead atoms. The first-order chi connectivity index (χ1) is 3.73. The van der Waals surface area contributed by atoms with Crippen LogP contribution in [-0.4, -0.2) is 63.1 Å². The summed E-state index contributed by atoms with van der Waals surface area (Å²) in [7, 11) is -3.13. The second kappa shape index (κ2) is 8.27. The van der Waals surface area contributed by atoms with Crippen molar-refractivity contribution in [1.29, 1.82) is 0 Å². The third-order valence-corrected chi connectivity index (χ3v) is 0. The Morgan fingerprint density at radius 3 is 1.00 bits per heavy atom. The van der Waals surface area contributed by atoms with E-state index in [1.165, 1.54) is 0 Å². The molecule has 0 aromatic carbocycles. The Balaban J connectivity index is -0.0000000910. The van der Waals surface area contributed by atoms with Crippen molar-refractivity contribution in [2.75, 3.05) is 0 Å². The average Bonchev–Trinajstić information content (AvgIpc) is 1.19. The van der Waals surface area contributed by atoms with Crippen molar-refractivity contribution in [2.45, 2.75) is 0 Å². The van der Waals surface area contributed by atoms with Crippen LogP contribution < -0.4 is 0 Å². The number of hydrogen-bond donors (Lipinski definition) is 6. The second-order valence-electron chi connectivity index (χ2n) is 0.883. The van der Waals surface area contributed by atoms with E-state index in [1.54, 1.807) is 0 Å². The van der Waals surface area contributed by atoms with Crippen molar-refractivity contribution in [2.24, 2.45) is 0 Å². The van der Waals surface area contributed by atoms with Crippen LogP contribution in [0.5, 0.6) is 0 Å². The molecule has 0 saturated carbocycles. The fourth-order valence-corrected chi connectivity index (χ4v) is 0. The van der Waals surface area contributed by atoms with E-state index < -0.39 is 27.3 Å². The third kappa shape index (κ3) is 446. The first-order valence-electron chi connectivity index (χ1n) is 1.55. The molecule has 0 aromatic rings. The van der Waals surface area contributed by atoms with Gasteiger partial charge in [0.15, 0.2) is 0 Å². The summed E-state index contributed by atoms with van der Waals surface area (Å²) < 4.78 is 38.2. The molecule has 0 amide bonds. The van der Waals surface area contributed by atoms with E-state index in [0.717, 1.165) is 0 Å². The van der Waals surface area contributed by atoms with Gasteiger partial charge in [-0.3, -0.25) is 4.46 Å². The first kappa shape index (κ1) is 17.3. The van der Waals surface area contributed by atoms with Crippen LogP contribution >= 0.6 is 0 Å².